The molecule has 0 bridgehead atoms. The smallest absolute Gasteiger partial charge is 0.244 e. The second kappa shape index (κ2) is 7.94. The molecule has 0 saturated carbocycles. The van der Waals surface area contributed by atoms with Gasteiger partial charge < -0.3 is 15.2 Å². The summed E-state index contributed by atoms with van der Waals surface area (Å²) in [6, 6.07) is 9.38. The molecule has 0 aliphatic carbocycles. The van der Waals surface area contributed by atoms with Gasteiger partial charge in [-0.05, 0) is 48.4 Å². The fraction of sp³-hybridized carbons (Fsp3) is 0.278. The summed E-state index contributed by atoms with van der Waals surface area (Å²) in [5.74, 6) is 0.483. The van der Waals surface area contributed by atoms with Gasteiger partial charge in [-0.2, -0.15) is 11.3 Å². The second-order valence-electron chi connectivity index (χ2n) is 5.31. The maximum absolute atomic E-state index is 12.0. The fourth-order valence-corrected chi connectivity index (χ4v) is 2.84. The van der Waals surface area contributed by atoms with E-state index in [-0.39, 0.29) is 12.5 Å². The van der Waals surface area contributed by atoms with E-state index in [1.54, 1.807) is 13.0 Å². The zero-order valence-electron chi connectivity index (χ0n) is 13.3. The van der Waals surface area contributed by atoms with Gasteiger partial charge in [0.15, 0.2) is 0 Å². The average molecular weight is 331 g/mol. The van der Waals surface area contributed by atoms with Crippen molar-refractivity contribution in [2.24, 2.45) is 0 Å². The number of carbonyl (C=O) groups excluding carboxylic acids is 1. The number of aliphatic hydroxyl groups is 1. The van der Waals surface area contributed by atoms with Crippen molar-refractivity contribution in [2.45, 2.75) is 19.4 Å². The monoisotopic (exact) mass is 331 g/mol. The van der Waals surface area contributed by atoms with E-state index in [0.717, 1.165) is 16.9 Å². The zero-order chi connectivity index (χ0) is 16.7. The number of rotatable bonds is 7. The van der Waals surface area contributed by atoms with E-state index in [9.17, 15) is 9.90 Å². The van der Waals surface area contributed by atoms with Crippen molar-refractivity contribution in [1.82, 2.24) is 5.32 Å². The van der Waals surface area contributed by atoms with Gasteiger partial charge in [0.2, 0.25) is 5.91 Å². The summed E-state index contributed by atoms with van der Waals surface area (Å²) in [6.45, 7) is 4.32. The van der Waals surface area contributed by atoms with Gasteiger partial charge in [0.05, 0.1) is 13.2 Å². The Morgan fingerprint density at radius 1 is 1.39 bits per heavy atom. The number of benzene rings is 1. The minimum absolute atomic E-state index is 0.153. The van der Waals surface area contributed by atoms with Gasteiger partial charge in [-0.3, -0.25) is 4.79 Å². The molecule has 1 unspecified atom stereocenters. The van der Waals surface area contributed by atoms with Crippen LogP contribution in [-0.2, 0) is 10.4 Å². The third-order valence-corrected chi connectivity index (χ3v) is 4.07. The Hall–Kier alpha value is -2.11. The maximum Gasteiger partial charge on any atom is 0.244 e. The third kappa shape index (κ3) is 4.94. The summed E-state index contributed by atoms with van der Waals surface area (Å²) in [6.07, 6.45) is 3.15. The number of hydrogen-bond acceptors (Lipinski definition) is 4. The highest BCUT2D eigenvalue weighted by molar-refractivity contribution is 7.08. The Morgan fingerprint density at radius 2 is 2.17 bits per heavy atom. The molecule has 4 nitrogen and oxygen atoms in total. The summed E-state index contributed by atoms with van der Waals surface area (Å²) in [5.41, 5.74) is 0.565. The lowest BCUT2D eigenvalue weighted by atomic mass is 9.99. The Bertz CT molecular complexity index is 663. The molecule has 1 aromatic heterocycles. The minimum Gasteiger partial charge on any atom is -0.493 e. The number of carbonyl (C=O) groups is 1. The number of hydrogen-bond donors (Lipinski definition) is 2. The zero-order valence-corrected chi connectivity index (χ0v) is 14.1. The van der Waals surface area contributed by atoms with Gasteiger partial charge in [-0.15, -0.1) is 0 Å². The number of nitrogens with one attached hydrogen (secondary N) is 1. The Labute approximate surface area is 140 Å². The summed E-state index contributed by atoms with van der Waals surface area (Å²) < 4.78 is 5.51. The average Bonchev–Trinajstić information content (AvgIpc) is 3.08. The molecule has 2 rings (SSSR count). The molecule has 2 N–H and O–H groups in total. The number of amides is 1. The van der Waals surface area contributed by atoms with E-state index in [0.29, 0.717) is 6.61 Å². The lowest BCUT2D eigenvalue weighted by Crippen LogP contribution is -2.37. The van der Waals surface area contributed by atoms with Crippen molar-refractivity contribution < 1.29 is 14.6 Å². The van der Waals surface area contributed by atoms with Crippen LogP contribution in [0.15, 0.2) is 47.2 Å². The fourth-order valence-electron chi connectivity index (χ4n) is 2.06. The summed E-state index contributed by atoms with van der Waals surface area (Å²) in [4.78, 5) is 12.0. The topological polar surface area (TPSA) is 58.6 Å². The first kappa shape index (κ1) is 17.2. The molecule has 0 radical (unpaired) electrons. The van der Waals surface area contributed by atoms with Gasteiger partial charge in [-0.25, -0.2) is 0 Å². The highest BCUT2D eigenvalue weighted by Crippen LogP contribution is 2.22. The van der Waals surface area contributed by atoms with Gasteiger partial charge in [0.25, 0.3) is 0 Å². The lowest BCUT2D eigenvalue weighted by Gasteiger charge is -2.22. The van der Waals surface area contributed by atoms with Gasteiger partial charge >= 0.3 is 0 Å². The molecule has 1 aromatic carbocycles. The predicted molar refractivity (Wildman–Crippen MR) is 93.5 cm³/mol. The molecule has 1 atom stereocenters. The normalized spacial score (nSPS) is 13.7. The van der Waals surface area contributed by atoms with E-state index in [1.807, 2.05) is 48.0 Å². The standard InChI is InChI=1S/C18H21NO3S/c1-3-22-16-7-5-4-6-14(16)8-9-17(20)19-13-18(2,21)15-10-11-23-12-15/h4-12,21H,3,13H2,1-2H3,(H,19,20). The largest absolute Gasteiger partial charge is 0.493 e. The van der Waals surface area contributed by atoms with Crippen molar-refractivity contribution in [3.8, 4) is 5.75 Å². The van der Waals surface area contributed by atoms with Crippen molar-refractivity contribution >= 4 is 23.3 Å². The quantitative estimate of drug-likeness (QED) is 0.766. The van der Waals surface area contributed by atoms with Crippen molar-refractivity contribution in [3.63, 3.8) is 0 Å². The van der Waals surface area contributed by atoms with Crippen LogP contribution in [0.2, 0.25) is 0 Å². The van der Waals surface area contributed by atoms with Crippen LogP contribution in [0.25, 0.3) is 6.08 Å². The first-order chi connectivity index (χ1) is 11.0. The van der Waals surface area contributed by atoms with Crippen LogP contribution < -0.4 is 10.1 Å². The van der Waals surface area contributed by atoms with Gasteiger partial charge in [0.1, 0.15) is 11.4 Å². The summed E-state index contributed by atoms with van der Waals surface area (Å²) >= 11 is 1.51. The van der Waals surface area contributed by atoms with E-state index in [1.165, 1.54) is 17.4 Å². The predicted octanol–water partition coefficient (Wildman–Crippen LogP) is 3.18. The Kier molecular flexibility index (Phi) is 5.96. The highest BCUT2D eigenvalue weighted by Gasteiger charge is 2.23. The molecule has 2 aromatic rings. The van der Waals surface area contributed by atoms with Gasteiger partial charge in [-0.1, -0.05) is 18.2 Å². The Balaban J connectivity index is 1.95. The van der Waals surface area contributed by atoms with Crippen LogP contribution in [-0.4, -0.2) is 24.2 Å². The summed E-state index contributed by atoms with van der Waals surface area (Å²) in [5, 5.41) is 16.9. The highest BCUT2D eigenvalue weighted by atomic mass is 32.1. The van der Waals surface area contributed by atoms with E-state index in [4.69, 9.17) is 4.74 Å². The molecule has 1 heterocycles. The van der Waals surface area contributed by atoms with Crippen LogP contribution in [0, 0.1) is 0 Å². The maximum atomic E-state index is 12.0. The second-order valence-corrected chi connectivity index (χ2v) is 6.09. The van der Waals surface area contributed by atoms with Crippen molar-refractivity contribution in [3.05, 3.63) is 58.3 Å². The van der Waals surface area contributed by atoms with E-state index >= 15 is 0 Å². The van der Waals surface area contributed by atoms with E-state index in [2.05, 4.69) is 5.32 Å². The molecule has 0 fully saturated rings. The SMILES string of the molecule is CCOc1ccccc1C=CC(=O)NCC(C)(O)c1ccsc1. The molecular weight excluding hydrogens is 310 g/mol. The molecule has 0 saturated heterocycles. The van der Waals surface area contributed by atoms with Crippen LogP contribution in [0.5, 0.6) is 5.75 Å². The van der Waals surface area contributed by atoms with Crippen LogP contribution in [0.1, 0.15) is 25.0 Å². The molecule has 122 valence electrons. The molecule has 23 heavy (non-hydrogen) atoms. The first-order valence-electron chi connectivity index (χ1n) is 7.45. The number of para-hydroxylation sites is 1. The summed E-state index contributed by atoms with van der Waals surface area (Å²) in [7, 11) is 0. The molecule has 1 amide bonds. The molecular formula is C18H21NO3S. The van der Waals surface area contributed by atoms with Crippen LogP contribution in [0.3, 0.4) is 0 Å². The van der Waals surface area contributed by atoms with Gasteiger partial charge in [0, 0.05) is 11.6 Å². The van der Waals surface area contributed by atoms with Crippen LogP contribution in [0.4, 0.5) is 0 Å². The van der Waals surface area contributed by atoms with E-state index < -0.39 is 5.60 Å². The molecule has 0 spiro atoms. The minimum atomic E-state index is -1.08. The molecule has 0 aliphatic heterocycles. The van der Waals surface area contributed by atoms with Crippen molar-refractivity contribution in [1.29, 1.82) is 0 Å². The first-order valence-corrected chi connectivity index (χ1v) is 8.40. The number of ether oxygens (including phenoxy) is 1. The molecule has 0 aliphatic rings. The Morgan fingerprint density at radius 3 is 2.87 bits per heavy atom. The van der Waals surface area contributed by atoms with Crippen LogP contribution >= 0.6 is 11.3 Å². The molecule has 5 heteroatoms. The third-order valence-electron chi connectivity index (χ3n) is 3.38. The van der Waals surface area contributed by atoms with Crippen molar-refractivity contribution in [2.75, 3.05) is 13.2 Å². The number of thiophene rings is 1. The lowest BCUT2D eigenvalue weighted by molar-refractivity contribution is -0.117.